The fourth-order valence-electron chi connectivity index (χ4n) is 3.02. The first-order chi connectivity index (χ1) is 7.22. The Morgan fingerprint density at radius 2 is 2.31 bits per heavy atom. The lowest BCUT2D eigenvalue weighted by molar-refractivity contribution is 0.197. The molecule has 3 nitrogen and oxygen atoms in total. The van der Waals surface area contributed by atoms with Gasteiger partial charge in [-0.05, 0) is 43.7 Å². The van der Waals surface area contributed by atoms with E-state index >= 15 is 0 Å². The first-order valence-corrected chi connectivity index (χ1v) is 6.26. The van der Waals surface area contributed by atoms with Gasteiger partial charge in [-0.3, -0.25) is 0 Å². The molecule has 0 radical (unpaired) electrons. The minimum Gasteiger partial charge on any atom is -0.396 e. The van der Waals surface area contributed by atoms with Gasteiger partial charge >= 0.3 is 0 Å². The van der Waals surface area contributed by atoms with Crippen LogP contribution in [0.3, 0.4) is 0 Å². The molecule has 2 rings (SSSR count). The number of nitrogens with zero attached hydrogens (tertiary/aromatic N) is 1. The number of halogens is 1. The fraction of sp³-hybridized carbons (Fsp3) is 1.00. The number of hydrogen-bond acceptors (Lipinski definition) is 3. The van der Waals surface area contributed by atoms with Crippen LogP contribution in [0, 0.1) is 11.3 Å². The van der Waals surface area contributed by atoms with Crippen LogP contribution >= 0.6 is 12.4 Å². The van der Waals surface area contributed by atoms with Crippen LogP contribution in [0.5, 0.6) is 0 Å². The van der Waals surface area contributed by atoms with Crippen molar-refractivity contribution in [2.24, 2.45) is 11.3 Å². The van der Waals surface area contributed by atoms with Crippen LogP contribution in [0.4, 0.5) is 0 Å². The summed E-state index contributed by atoms with van der Waals surface area (Å²) < 4.78 is 0. The molecule has 2 saturated heterocycles. The van der Waals surface area contributed by atoms with Gasteiger partial charge in [-0.15, -0.1) is 12.4 Å². The lowest BCUT2D eigenvalue weighted by atomic mass is 9.89. The molecule has 0 aromatic rings. The highest BCUT2D eigenvalue weighted by atomic mass is 35.5. The molecule has 2 heterocycles. The summed E-state index contributed by atoms with van der Waals surface area (Å²) in [5.41, 5.74) is 0.494. The Labute approximate surface area is 105 Å². The smallest absolute Gasteiger partial charge is 0.0434 e. The van der Waals surface area contributed by atoms with Crippen LogP contribution in [0.1, 0.15) is 26.2 Å². The van der Waals surface area contributed by atoms with Crippen molar-refractivity contribution in [1.29, 1.82) is 0 Å². The SMILES string of the molecule is CC1(CN2CCC(CCO)C2)CCNC1.Cl. The highest BCUT2D eigenvalue weighted by Crippen LogP contribution is 2.29. The maximum absolute atomic E-state index is 8.92. The molecule has 4 heteroatoms. The molecule has 0 bridgehead atoms. The normalized spacial score (nSPS) is 35.2. The molecule has 0 aliphatic carbocycles. The molecule has 2 aliphatic heterocycles. The van der Waals surface area contributed by atoms with E-state index in [2.05, 4.69) is 17.1 Å². The van der Waals surface area contributed by atoms with Crippen molar-refractivity contribution in [2.75, 3.05) is 39.3 Å². The zero-order chi connectivity index (χ0) is 10.7. The van der Waals surface area contributed by atoms with Crippen LogP contribution in [0.2, 0.25) is 0 Å². The van der Waals surface area contributed by atoms with Crippen LogP contribution < -0.4 is 5.32 Å². The quantitative estimate of drug-likeness (QED) is 0.783. The summed E-state index contributed by atoms with van der Waals surface area (Å²) in [6.07, 6.45) is 3.59. The standard InChI is InChI=1S/C12H24N2O.ClH/c1-12(4-5-13-9-12)10-14-6-2-11(8-14)3-7-15;/h11,13,15H,2-10H2,1H3;1H. The third-order valence-corrected chi connectivity index (χ3v) is 3.97. The minimum absolute atomic E-state index is 0. The molecule has 96 valence electrons. The van der Waals surface area contributed by atoms with Crippen LogP contribution in [0.15, 0.2) is 0 Å². The van der Waals surface area contributed by atoms with Crippen LogP contribution in [-0.4, -0.2) is 49.3 Å². The Morgan fingerprint density at radius 1 is 1.50 bits per heavy atom. The van der Waals surface area contributed by atoms with E-state index < -0.39 is 0 Å². The largest absolute Gasteiger partial charge is 0.396 e. The van der Waals surface area contributed by atoms with Crippen molar-refractivity contribution in [1.82, 2.24) is 10.2 Å². The molecular weight excluding hydrogens is 224 g/mol. The van der Waals surface area contributed by atoms with Gasteiger partial charge in [0.05, 0.1) is 0 Å². The maximum atomic E-state index is 8.92. The van der Waals surface area contributed by atoms with E-state index in [1.807, 2.05) is 0 Å². The van der Waals surface area contributed by atoms with Crippen LogP contribution in [0.25, 0.3) is 0 Å². The molecule has 0 saturated carbocycles. The molecule has 16 heavy (non-hydrogen) atoms. The Balaban J connectivity index is 0.00000128. The number of rotatable bonds is 4. The van der Waals surface area contributed by atoms with Crippen LogP contribution in [-0.2, 0) is 0 Å². The lowest BCUT2D eigenvalue weighted by Crippen LogP contribution is -2.36. The summed E-state index contributed by atoms with van der Waals surface area (Å²) in [5, 5.41) is 12.4. The average Bonchev–Trinajstić information content (AvgIpc) is 2.77. The summed E-state index contributed by atoms with van der Waals surface area (Å²) in [7, 11) is 0. The maximum Gasteiger partial charge on any atom is 0.0434 e. The second kappa shape index (κ2) is 6.20. The van der Waals surface area contributed by atoms with Gasteiger partial charge in [0, 0.05) is 26.2 Å². The molecule has 0 aromatic heterocycles. The molecule has 0 spiro atoms. The molecule has 2 N–H and O–H groups in total. The van der Waals surface area contributed by atoms with Gasteiger partial charge in [0.15, 0.2) is 0 Å². The third-order valence-electron chi connectivity index (χ3n) is 3.97. The summed E-state index contributed by atoms with van der Waals surface area (Å²) >= 11 is 0. The first-order valence-electron chi connectivity index (χ1n) is 6.26. The monoisotopic (exact) mass is 248 g/mol. The molecule has 2 aliphatic rings. The van der Waals surface area contributed by atoms with Gasteiger partial charge < -0.3 is 15.3 Å². The summed E-state index contributed by atoms with van der Waals surface area (Å²) in [6.45, 7) is 8.79. The molecule has 2 fully saturated rings. The number of nitrogens with one attached hydrogen (secondary N) is 1. The van der Waals surface area contributed by atoms with E-state index in [-0.39, 0.29) is 12.4 Å². The van der Waals surface area contributed by atoms with E-state index in [0.29, 0.717) is 12.0 Å². The molecule has 0 aromatic carbocycles. The number of hydrogen-bond donors (Lipinski definition) is 2. The molecular formula is C12H25ClN2O. The van der Waals surface area contributed by atoms with Gasteiger partial charge in [0.2, 0.25) is 0 Å². The number of likely N-dealkylation sites (tertiary alicyclic amines) is 1. The minimum atomic E-state index is 0. The van der Waals surface area contributed by atoms with Crippen molar-refractivity contribution in [2.45, 2.75) is 26.2 Å². The van der Waals surface area contributed by atoms with Crippen molar-refractivity contribution in [3.05, 3.63) is 0 Å². The number of aliphatic hydroxyl groups excluding tert-OH is 1. The van der Waals surface area contributed by atoms with Crippen molar-refractivity contribution in [3.63, 3.8) is 0 Å². The average molecular weight is 249 g/mol. The number of aliphatic hydroxyl groups is 1. The van der Waals surface area contributed by atoms with Crippen molar-refractivity contribution < 1.29 is 5.11 Å². The third kappa shape index (κ3) is 3.59. The van der Waals surface area contributed by atoms with E-state index in [4.69, 9.17) is 5.11 Å². The summed E-state index contributed by atoms with van der Waals surface area (Å²) in [4.78, 5) is 2.59. The molecule has 2 atom stereocenters. The second-order valence-electron chi connectivity index (χ2n) is 5.64. The van der Waals surface area contributed by atoms with E-state index in [0.717, 1.165) is 12.3 Å². The van der Waals surface area contributed by atoms with Gasteiger partial charge in [0.25, 0.3) is 0 Å². The van der Waals surface area contributed by atoms with Crippen molar-refractivity contribution in [3.8, 4) is 0 Å². The Morgan fingerprint density at radius 3 is 2.94 bits per heavy atom. The predicted molar refractivity (Wildman–Crippen MR) is 69.1 cm³/mol. The highest BCUT2D eigenvalue weighted by molar-refractivity contribution is 5.85. The fourth-order valence-corrected chi connectivity index (χ4v) is 3.02. The zero-order valence-electron chi connectivity index (χ0n) is 10.2. The van der Waals surface area contributed by atoms with E-state index in [9.17, 15) is 0 Å². The van der Waals surface area contributed by atoms with Gasteiger partial charge in [-0.1, -0.05) is 6.92 Å². The summed E-state index contributed by atoms with van der Waals surface area (Å²) in [6, 6.07) is 0. The Kier molecular flexibility index (Phi) is 5.51. The lowest BCUT2D eigenvalue weighted by Gasteiger charge is -2.29. The van der Waals surface area contributed by atoms with E-state index in [1.54, 1.807) is 0 Å². The zero-order valence-corrected chi connectivity index (χ0v) is 11.1. The first kappa shape index (κ1) is 14.2. The molecule has 2 unspecified atom stereocenters. The van der Waals surface area contributed by atoms with Gasteiger partial charge in [-0.2, -0.15) is 0 Å². The predicted octanol–water partition coefficient (Wildman–Crippen LogP) is 1.11. The molecule has 0 amide bonds. The van der Waals surface area contributed by atoms with E-state index in [1.165, 1.54) is 45.6 Å². The highest BCUT2D eigenvalue weighted by Gasteiger charge is 2.33. The Hall–Kier alpha value is 0.170. The van der Waals surface area contributed by atoms with Gasteiger partial charge in [-0.25, -0.2) is 0 Å². The topological polar surface area (TPSA) is 35.5 Å². The Bertz CT molecular complexity index is 207. The van der Waals surface area contributed by atoms with Gasteiger partial charge in [0.1, 0.15) is 0 Å². The second-order valence-corrected chi connectivity index (χ2v) is 5.64. The summed E-state index contributed by atoms with van der Waals surface area (Å²) in [5.74, 6) is 0.743. The van der Waals surface area contributed by atoms with Crippen molar-refractivity contribution >= 4 is 12.4 Å².